The average Bonchev–Trinajstić information content (AvgIpc) is 3.01. The number of nitriles is 1. The van der Waals surface area contributed by atoms with Gasteiger partial charge in [-0.2, -0.15) is 5.26 Å². The van der Waals surface area contributed by atoms with Crippen molar-refractivity contribution in [3.05, 3.63) is 29.8 Å². The zero-order valence-corrected chi connectivity index (χ0v) is 9.95. The molecule has 88 valence electrons. The molecule has 1 unspecified atom stereocenters. The van der Waals surface area contributed by atoms with Crippen molar-refractivity contribution in [3.8, 4) is 6.07 Å². The highest BCUT2D eigenvalue weighted by molar-refractivity contribution is 5.50. The van der Waals surface area contributed by atoms with Crippen LogP contribution >= 0.6 is 0 Å². The van der Waals surface area contributed by atoms with E-state index in [2.05, 4.69) is 28.4 Å². The maximum atomic E-state index is 8.79. The van der Waals surface area contributed by atoms with Gasteiger partial charge < -0.3 is 10.2 Å². The smallest absolute Gasteiger partial charge is 0.0991 e. The summed E-state index contributed by atoms with van der Waals surface area (Å²) < 4.78 is 0. The summed E-state index contributed by atoms with van der Waals surface area (Å²) in [6.07, 6.45) is 2.60. The number of hydrogen-bond donors (Lipinski definition) is 1. The molecule has 1 atom stereocenters. The third kappa shape index (κ3) is 1.89. The summed E-state index contributed by atoms with van der Waals surface area (Å²) in [6.45, 7) is 4.64. The summed E-state index contributed by atoms with van der Waals surface area (Å²) in [6, 6.07) is 10.1. The molecule has 3 rings (SSSR count). The van der Waals surface area contributed by atoms with Gasteiger partial charge in [0.1, 0.15) is 0 Å². The largest absolute Gasteiger partial charge is 0.371 e. The fourth-order valence-corrected chi connectivity index (χ4v) is 3.05. The first-order chi connectivity index (χ1) is 8.31. The first-order valence-electron chi connectivity index (χ1n) is 6.27. The van der Waals surface area contributed by atoms with Crippen LogP contribution in [0.1, 0.15) is 18.4 Å². The summed E-state index contributed by atoms with van der Waals surface area (Å²) in [7, 11) is 0. The van der Waals surface area contributed by atoms with Crippen molar-refractivity contribution < 1.29 is 0 Å². The van der Waals surface area contributed by atoms with Gasteiger partial charge >= 0.3 is 0 Å². The van der Waals surface area contributed by atoms with E-state index >= 15 is 0 Å². The molecule has 3 nitrogen and oxygen atoms in total. The molecule has 0 radical (unpaired) electrons. The first-order valence-corrected chi connectivity index (χ1v) is 6.27. The van der Waals surface area contributed by atoms with Crippen LogP contribution in [0.3, 0.4) is 0 Å². The molecule has 2 saturated heterocycles. The van der Waals surface area contributed by atoms with Crippen LogP contribution in [0.2, 0.25) is 0 Å². The molecular formula is C14H17N3. The lowest BCUT2D eigenvalue weighted by Crippen LogP contribution is -2.29. The summed E-state index contributed by atoms with van der Waals surface area (Å²) >= 11 is 0. The molecule has 2 heterocycles. The number of benzene rings is 1. The first kappa shape index (κ1) is 10.6. The predicted molar refractivity (Wildman–Crippen MR) is 67.9 cm³/mol. The van der Waals surface area contributed by atoms with Crippen molar-refractivity contribution in [2.75, 3.05) is 31.1 Å². The lowest BCUT2D eigenvalue weighted by atomic mass is 9.86. The molecule has 0 bridgehead atoms. The van der Waals surface area contributed by atoms with E-state index in [0.717, 1.165) is 18.7 Å². The lowest BCUT2D eigenvalue weighted by Gasteiger charge is -2.24. The molecule has 2 fully saturated rings. The van der Waals surface area contributed by atoms with E-state index in [1.165, 1.54) is 31.6 Å². The zero-order chi connectivity index (χ0) is 11.7. The highest BCUT2D eigenvalue weighted by atomic mass is 15.2. The Labute approximate surface area is 102 Å². The van der Waals surface area contributed by atoms with Gasteiger partial charge in [0.15, 0.2) is 0 Å². The summed E-state index contributed by atoms with van der Waals surface area (Å²) in [4.78, 5) is 2.45. The standard InChI is InChI=1S/C14H17N3/c15-9-12-1-3-13(4-2-12)17-8-6-14(11-17)5-7-16-10-14/h1-4,16H,5-8,10-11H2. The van der Waals surface area contributed by atoms with Crippen LogP contribution in [-0.4, -0.2) is 26.2 Å². The second-order valence-corrected chi connectivity index (χ2v) is 5.26. The van der Waals surface area contributed by atoms with Gasteiger partial charge in [-0.3, -0.25) is 0 Å². The number of hydrogen-bond acceptors (Lipinski definition) is 3. The third-order valence-corrected chi connectivity index (χ3v) is 4.13. The van der Waals surface area contributed by atoms with Crippen molar-refractivity contribution >= 4 is 5.69 Å². The average molecular weight is 227 g/mol. The zero-order valence-electron chi connectivity index (χ0n) is 9.95. The van der Waals surface area contributed by atoms with Gasteiger partial charge in [0.25, 0.3) is 0 Å². The van der Waals surface area contributed by atoms with E-state index in [4.69, 9.17) is 5.26 Å². The minimum Gasteiger partial charge on any atom is -0.371 e. The Kier molecular flexibility index (Phi) is 2.53. The van der Waals surface area contributed by atoms with E-state index in [9.17, 15) is 0 Å². The van der Waals surface area contributed by atoms with Crippen molar-refractivity contribution in [2.45, 2.75) is 12.8 Å². The van der Waals surface area contributed by atoms with Crippen LogP contribution in [0.5, 0.6) is 0 Å². The van der Waals surface area contributed by atoms with E-state index in [1.807, 2.05) is 12.1 Å². The quantitative estimate of drug-likeness (QED) is 0.794. The highest BCUT2D eigenvalue weighted by Crippen LogP contribution is 2.38. The number of anilines is 1. The molecule has 0 amide bonds. The van der Waals surface area contributed by atoms with Crippen molar-refractivity contribution in [2.24, 2.45) is 5.41 Å². The molecule has 1 spiro atoms. The summed E-state index contributed by atoms with van der Waals surface area (Å²) in [5.74, 6) is 0. The Morgan fingerprint density at radius 1 is 1.24 bits per heavy atom. The lowest BCUT2D eigenvalue weighted by molar-refractivity contribution is 0.369. The highest BCUT2D eigenvalue weighted by Gasteiger charge is 2.40. The second-order valence-electron chi connectivity index (χ2n) is 5.26. The molecule has 3 heteroatoms. The number of nitrogens with zero attached hydrogens (tertiary/aromatic N) is 2. The maximum Gasteiger partial charge on any atom is 0.0991 e. The van der Waals surface area contributed by atoms with Crippen molar-refractivity contribution in [1.29, 1.82) is 5.26 Å². The maximum absolute atomic E-state index is 8.79. The molecule has 1 aromatic carbocycles. The fraction of sp³-hybridized carbons (Fsp3) is 0.500. The van der Waals surface area contributed by atoms with Crippen LogP contribution in [0.4, 0.5) is 5.69 Å². The molecule has 0 aliphatic carbocycles. The van der Waals surface area contributed by atoms with Gasteiger partial charge in [0.2, 0.25) is 0 Å². The topological polar surface area (TPSA) is 39.1 Å². The van der Waals surface area contributed by atoms with Gasteiger partial charge in [-0.05, 0) is 43.7 Å². The van der Waals surface area contributed by atoms with Gasteiger partial charge in [0.05, 0.1) is 11.6 Å². The van der Waals surface area contributed by atoms with E-state index in [0.29, 0.717) is 5.41 Å². The minimum absolute atomic E-state index is 0.508. The normalized spacial score (nSPS) is 27.6. The van der Waals surface area contributed by atoms with Gasteiger partial charge in [-0.15, -0.1) is 0 Å². The Bertz CT molecular complexity index is 438. The van der Waals surface area contributed by atoms with Gasteiger partial charge in [0, 0.05) is 30.7 Å². The Balaban J connectivity index is 1.75. The SMILES string of the molecule is N#Cc1ccc(N2CCC3(CCNC3)C2)cc1. The van der Waals surface area contributed by atoms with Gasteiger partial charge in [-0.25, -0.2) is 0 Å². The van der Waals surface area contributed by atoms with E-state index in [-0.39, 0.29) is 0 Å². The Morgan fingerprint density at radius 2 is 2.06 bits per heavy atom. The van der Waals surface area contributed by atoms with E-state index in [1.54, 1.807) is 0 Å². The minimum atomic E-state index is 0.508. The van der Waals surface area contributed by atoms with Crippen molar-refractivity contribution in [1.82, 2.24) is 5.32 Å². The molecule has 2 aliphatic heterocycles. The molecular weight excluding hydrogens is 210 g/mol. The Hall–Kier alpha value is -1.53. The van der Waals surface area contributed by atoms with Crippen LogP contribution in [0.15, 0.2) is 24.3 Å². The molecule has 1 aromatic rings. The second kappa shape index (κ2) is 4.05. The van der Waals surface area contributed by atoms with Crippen molar-refractivity contribution in [3.63, 3.8) is 0 Å². The Morgan fingerprint density at radius 3 is 2.71 bits per heavy atom. The molecule has 2 aliphatic rings. The predicted octanol–water partition coefficient (Wildman–Crippen LogP) is 1.75. The van der Waals surface area contributed by atoms with Crippen LogP contribution in [0, 0.1) is 16.7 Å². The number of rotatable bonds is 1. The third-order valence-electron chi connectivity index (χ3n) is 4.13. The fourth-order valence-electron chi connectivity index (χ4n) is 3.05. The van der Waals surface area contributed by atoms with E-state index < -0.39 is 0 Å². The van der Waals surface area contributed by atoms with Crippen LogP contribution < -0.4 is 10.2 Å². The summed E-state index contributed by atoms with van der Waals surface area (Å²) in [5.41, 5.74) is 2.51. The van der Waals surface area contributed by atoms with Crippen LogP contribution in [0.25, 0.3) is 0 Å². The molecule has 0 saturated carbocycles. The number of nitrogens with one attached hydrogen (secondary N) is 1. The summed E-state index contributed by atoms with van der Waals surface area (Å²) in [5, 5.41) is 12.3. The molecule has 1 N–H and O–H groups in total. The molecule has 0 aromatic heterocycles. The van der Waals surface area contributed by atoms with Gasteiger partial charge in [-0.1, -0.05) is 0 Å². The molecule has 17 heavy (non-hydrogen) atoms. The monoisotopic (exact) mass is 227 g/mol. The van der Waals surface area contributed by atoms with Crippen LogP contribution in [-0.2, 0) is 0 Å².